The number of benzene rings is 9. The highest BCUT2D eigenvalue weighted by molar-refractivity contribution is 6.05. The van der Waals surface area contributed by atoms with Gasteiger partial charge in [-0.1, -0.05) is 182 Å². The third-order valence-electron chi connectivity index (χ3n) is 9.49. The molecule has 9 aromatic carbocycles. The average Bonchev–Trinajstić information content (AvgIpc) is 3.34. The lowest BCUT2D eigenvalue weighted by Crippen LogP contribution is -2.00. The van der Waals surface area contributed by atoms with Gasteiger partial charge in [-0.15, -0.1) is 0 Å². The highest BCUT2D eigenvalue weighted by Gasteiger charge is 2.16. The number of hydrogen-bond donors (Lipinski definition) is 0. The molecule has 1 aromatic heterocycles. The molecule has 54 heavy (non-hydrogen) atoms. The maximum Gasteiger partial charge on any atom is 0.164 e. The molecule has 0 fully saturated rings. The fourth-order valence-corrected chi connectivity index (χ4v) is 6.90. The first kappa shape index (κ1) is 22.0. The Morgan fingerprint density at radius 3 is 1.72 bits per heavy atom. The highest BCUT2D eigenvalue weighted by Crippen LogP contribution is 2.38. The fraction of sp³-hybridized carbons (Fsp3) is 0. The summed E-state index contributed by atoms with van der Waals surface area (Å²) in [5, 5.41) is 3.27. The van der Waals surface area contributed by atoms with E-state index in [1.165, 1.54) is 0 Å². The van der Waals surface area contributed by atoms with Crippen molar-refractivity contribution in [2.45, 2.75) is 0 Å². The van der Waals surface area contributed by atoms with Gasteiger partial charge in [-0.25, -0.2) is 15.0 Å². The van der Waals surface area contributed by atoms with Crippen LogP contribution in [-0.2, 0) is 0 Å². The first-order valence-electron chi connectivity index (χ1n) is 22.9. The lowest BCUT2D eigenvalue weighted by Gasteiger charge is -2.14. The maximum absolute atomic E-state index is 9.67. The van der Waals surface area contributed by atoms with Gasteiger partial charge in [-0.05, 0) is 83.9 Å². The van der Waals surface area contributed by atoms with Crippen molar-refractivity contribution in [1.29, 1.82) is 0 Å². The van der Waals surface area contributed by atoms with E-state index in [-0.39, 0.29) is 33.8 Å². The van der Waals surface area contributed by atoms with Crippen molar-refractivity contribution in [3.63, 3.8) is 0 Å². The Kier molecular flexibility index (Phi) is 5.45. The van der Waals surface area contributed by atoms with E-state index in [9.17, 15) is 2.74 Å². The molecule has 3 heteroatoms. The lowest BCUT2D eigenvalue weighted by molar-refractivity contribution is 1.07. The van der Waals surface area contributed by atoms with Crippen LogP contribution >= 0.6 is 0 Å². The first-order chi connectivity index (χ1) is 31.3. The third-order valence-corrected chi connectivity index (χ3v) is 9.49. The number of hydrogen-bond acceptors (Lipinski definition) is 3. The molecule has 252 valence electrons. The van der Waals surface area contributed by atoms with Gasteiger partial charge in [0.1, 0.15) is 0 Å². The molecule has 0 aliphatic rings. The summed E-state index contributed by atoms with van der Waals surface area (Å²) in [7, 11) is 0. The predicted octanol–water partition coefficient (Wildman–Crippen LogP) is 13.3. The van der Waals surface area contributed by atoms with Crippen molar-refractivity contribution in [2.24, 2.45) is 0 Å². The Labute approximate surface area is 329 Å². The molecular weight excluding hydrogens is 655 g/mol. The average molecular weight is 699 g/mol. The molecule has 0 aliphatic heterocycles. The van der Waals surface area contributed by atoms with Crippen molar-refractivity contribution in [3.8, 4) is 67.5 Å². The standard InChI is InChI=1S/C51H33N3/c1-2-14-35(15-3-1)45-29-30-46(48-25-9-8-24-47(45)48)39-20-11-22-41(33-39)50-52-49(53-51(54-50)42-28-27-34-13-4-5-17-37(34)31-42)40-21-10-19-38(32-40)44-26-12-18-36-16-6-7-23-43(36)44/h1-33H/i6D,7D,10D,12D,16D,18D,19D,21D,23D,26D,32D. The zero-order valence-electron chi connectivity index (χ0n) is 39.5. The first-order valence-corrected chi connectivity index (χ1v) is 17.4. The van der Waals surface area contributed by atoms with Gasteiger partial charge >= 0.3 is 0 Å². The molecule has 0 radical (unpaired) electrons. The van der Waals surface area contributed by atoms with Gasteiger partial charge in [-0.3, -0.25) is 0 Å². The molecule has 0 unspecified atom stereocenters. The third kappa shape index (κ3) is 5.78. The van der Waals surface area contributed by atoms with E-state index in [0.717, 1.165) is 43.8 Å². The second-order valence-electron chi connectivity index (χ2n) is 12.8. The Hall–Kier alpha value is -7.23. The smallest absolute Gasteiger partial charge is 0.164 e. The molecule has 0 bridgehead atoms. The van der Waals surface area contributed by atoms with Crippen LogP contribution in [0.2, 0.25) is 0 Å². The van der Waals surface area contributed by atoms with Crippen LogP contribution in [0.15, 0.2) is 200 Å². The molecule has 10 aromatic rings. The number of aromatic nitrogens is 3. The topological polar surface area (TPSA) is 38.7 Å². The summed E-state index contributed by atoms with van der Waals surface area (Å²) in [4.78, 5) is 14.7. The van der Waals surface area contributed by atoms with Crippen LogP contribution in [0.3, 0.4) is 0 Å². The van der Waals surface area contributed by atoms with E-state index in [1.54, 1.807) is 0 Å². The van der Waals surface area contributed by atoms with Crippen LogP contribution in [0.25, 0.3) is 99.9 Å². The molecule has 0 saturated carbocycles. The normalized spacial score (nSPS) is 14.2. The molecule has 0 N–H and O–H groups in total. The quantitative estimate of drug-likeness (QED) is 0.173. The number of fused-ring (bicyclic) bond motifs is 3. The fourth-order valence-electron chi connectivity index (χ4n) is 6.90. The van der Waals surface area contributed by atoms with Crippen molar-refractivity contribution in [2.75, 3.05) is 0 Å². The lowest BCUT2D eigenvalue weighted by atomic mass is 9.91. The van der Waals surface area contributed by atoms with E-state index in [0.29, 0.717) is 11.1 Å². The zero-order chi connectivity index (χ0) is 45.4. The molecule has 3 nitrogen and oxygen atoms in total. The largest absolute Gasteiger partial charge is 0.208 e. The molecular formula is C51H33N3. The van der Waals surface area contributed by atoms with Crippen molar-refractivity contribution >= 4 is 32.3 Å². The van der Waals surface area contributed by atoms with Crippen molar-refractivity contribution < 1.29 is 15.1 Å². The Balaban J connectivity index is 1.22. The van der Waals surface area contributed by atoms with Gasteiger partial charge in [0.25, 0.3) is 0 Å². The van der Waals surface area contributed by atoms with Crippen molar-refractivity contribution in [1.82, 2.24) is 15.0 Å². The Morgan fingerprint density at radius 1 is 0.315 bits per heavy atom. The minimum absolute atomic E-state index is 0.180. The van der Waals surface area contributed by atoms with E-state index < -0.39 is 77.6 Å². The molecule has 0 amide bonds. The summed E-state index contributed by atoms with van der Waals surface area (Å²) in [5.41, 5.74) is 4.05. The monoisotopic (exact) mass is 698 g/mol. The zero-order valence-corrected chi connectivity index (χ0v) is 28.5. The van der Waals surface area contributed by atoms with E-state index in [1.807, 2.05) is 97.1 Å². The summed E-state index contributed by atoms with van der Waals surface area (Å²) < 4.78 is 97.5. The van der Waals surface area contributed by atoms with Gasteiger partial charge in [-0.2, -0.15) is 0 Å². The van der Waals surface area contributed by atoms with Crippen LogP contribution in [0.1, 0.15) is 15.1 Å². The molecule has 1 heterocycles. The molecule has 0 aliphatic carbocycles. The van der Waals surface area contributed by atoms with Crippen LogP contribution in [0, 0.1) is 0 Å². The van der Waals surface area contributed by atoms with Crippen LogP contribution in [0.4, 0.5) is 0 Å². The minimum Gasteiger partial charge on any atom is -0.208 e. The summed E-state index contributed by atoms with van der Waals surface area (Å²) in [6.07, 6.45) is 0. The molecule has 0 atom stereocenters. The Morgan fingerprint density at radius 2 is 0.907 bits per heavy atom. The van der Waals surface area contributed by atoms with Gasteiger partial charge in [0.2, 0.25) is 0 Å². The minimum atomic E-state index is -0.692. The van der Waals surface area contributed by atoms with Crippen LogP contribution < -0.4 is 0 Å². The van der Waals surface area contributed by atoms with Gasteiger partial charge in [0.15, 0.2) is 17.5 Å². The SMILES string of the molecule is [2H]c1c([2H])c(-c2nc(-c3cccc(-c4ccc(-c5ccccc5)c5ccccc45)c3)nc(-c3ccc4ccccc4c3)n2)c([2H])c(-c2c([2H])c([2H])c([2H])c3c([2H])c([2H])c([2H])c([2H])c23)c1[2H]. The Bertz CT molecular complexity index is 3630. The molecule has 10 rings (SSSR count). The summed E-state index contributed by atoms with van der Waals surface area (Å²) in [6.45, 7) is 0. The molecule has 0 spiro atoms. The van der Waals surface area contributed by atoms with Crippen LogP contribution in [0.5, 0.6) is 0 Å². The van der Waals surface area contributed by atoms with Crippen molar-refractivity contribution in [3.05, 3.63) is 200 Å². The summed E-state index contributed by atoms with van der Waals surface area (Å²) in [5.74, 6) is 0.181. The van der Waals surface area contributed by atoms with E-state index in [4.69, 9.17) is 27.3 Å². The molecule has 0 saturated heterocycles. The number of rotatable bonds is 6. The van der Waals surface area contributed by atoms with Gasteiger partial charge in [0.05, 0.1) is 15.1 Å². The predicted molar refractivity (Wildman–Crippen MR) is 225 cm³/mol. The van der Waals surface area contributed by atoms with E-state index in [2.05, 4.69) is 36.4 Å². The van der Waals surface area contributed by atoms with Gasteiger partial charge in [0, 0.05) is 16.7 Å². The maximum atomic E-state index is 9.67. The highest BCUT2D eigenvalue weighted by atomic mass is 15.0. The second-order valence-corrected chi connectivity index (χ2v) is 12.8. The van der Waals surface area contributed by atoms with Crippen LogP contribution in [-0.4, -0.2) is 15.0 Å². The van der Waals surface area contributed by atoms with E-state index >= 15 is 0 Å². The summed E-state index contributed by atoms with van der Waals surface area (Å²) in [6, 6.07) is 36.7. The second kappa shape index (κ2) is 13.4. The number of nitrogens with zero attached hydrogens (tertiary/aromatic N) is 3. The summed E-state index contributed by atoms with van der Waals surface area (Å²) >= 11 is 0. The van der Waals surface area contributed by atoms with Gasteiger partial charge < -0.3 is 0 Å².